The normalized spacial score (nSPS) is 11.9. The molecule has 0 saturated heterocycles. The maximum absolute atomic E-state index is 11.5. The topological polar surface area (TPSA) is 73.6 Å². The van der Waals surface area contributed by atoms with Crippen molar-refractivity contribution in [1.29, 1.82) is 0 Å². The van der Waals surface area contributed by atoms with Crippen molar-refractivity contribution in [2.24, 2.45) is 0 Å². The summed E-state index contributed by atoms with van der Waals surface area (Å²) >= 11 is 0. The molecule has 1 aromatic heterocycles. The number of nitrogens with zero attached hydrogens (tertiary/aromatic N) is 2. The average molecular weight is 416 g/mol. The van der Waals surface area contributed by atoms with E-state index in [0.29, 0.717) is 24.3 Å². The SMILES string of the molecule is COC(=O)c1ccc(OC[C@H](O)Cn2c(Cc3ccccc3)nc3ccccc32)cc1. The Hall–Kier alpha value is -3.64. The molecule has 0 amide bonds. The molecule has 0 aliphatic heterocycles. The highest BCUT2D eigenvalue weighted by Gasteiger charge is 2.15. The van der Waals surface area contributed by atoms with Crippen LogP contribution in [0.15, 0.2) is 78.9 Å². The van der Waals surface area contributed by atoms with Crippen molar-refractivity contribution in [3.05, 3.63) is 95.8 Å². The number of carbonyl (C=O) groups excluding carboxylic acids is 1. The summed E-state index contributed by atoms with van der Waals surface area (Å²) in [4.78, 5) is 16.3. The average Bonchev–Trinajstić information content (AvgIpc) is 3.15. The third-order valence-corrected chi connectivity index (χ3v) is 5.05. The van der Waals surface area contributed by atoms with E-state index in [1.54, 1.807) is 24.3 Å². The number of aliphatic hydroxyl groups is 1. The number of imidazole rings is 1. The van der Waals surface area contributed by atoms with Crippen molar-refractivity contribution < 1.29 is 19.4 Å². The molecule has 4 aromatic rings. The third-order valence-electron chi connectivity index (χ3n) is 5.05. The summed E-state index contributed by atoms with van der Waals surface area (Å²) in [7, 11) is 1.34. The monoisotopic (exact) mass is 416 g/mol. The lowest BCUT2D eigenvalue weighted by molar-refractivity contribution is 0.0600. The van der Waals surface area contributed by atoms with E-state index in [-0.39, 0.29) is 6.61 Å². The van der Waals surface area contributed by atoms with Gasteiger partial charge in [0.1, 0.15) is 24.3 Å². The van der Waals surface area contributed by atoms with E-state index in [2.05, 4.69) is 16.7 Å². The fourth-order valence-electron chi connectivity index (χ4n) is 3.50. The molecule has 0 fully saturated rings. The van der Waals surface area contributed by atoms with Crippen LogP contribution in [0, 0.1) is 0 Å². The number of methoxy groups -OCH3 is 1. The zero-order chi connectivity index (χ0) is 21.6. The predicted octanol–water partition coefficient (Wildman–Crippen LogP) is 3.85. The van der Waals surface area contributed by atoms with Gasteiger partial charge in [-0.3, -0.25) is 0 Å². The minimum absolute atomic E-state index is 0.120. The molecule has 6 heteroatoms. The Balaban J connectivity index is 1.47. The van der Waals surface area contributed by atoms with E-state index in [1.165, 1.54) is 7.11 Å². The van der Waals surface area contributed by atoms with Crippen LogP contribution in [0.3, 0.4) is 0 Å². The summed E-state index contributed by atoms with van der Waals surface area (Å²) < 4.78 is 12.5. The summed E-state index contributed by atoms with van der Waals surface area (Å²) in [6, 6.07) is 24.7. The minimum atomic E-state index is -0.729. The highest BCUT2D eigenvalue weighted by molar-refractivity contribution is 5.89. The fraction of sp³-hybridized carbons (Fsp3) is 0.200. The van der Waals surface area contributed by atoms with E-state index in [4.69, 9.17) is 14.5 Å². The maximum atomic E-state index is 11.5. The second-order valence-corrected chi connectivity index (χ2v) is 7.27. The summed E-state index contributed by atoms with van der Waals surface area (Å²) in [6.07, 6.45) is -0.0506. The second-order valence-electron chi connectivity index (χ2n) is 7.27. The quantitative estimate of drug-likeness (QED) is 0.442. The van der Waals surface area contributed by atoms with Crippen molar-refractivity contribution in [3.63, 3.8) is 0 Å². The van der Waals surface area contributed by atoms with Crippen molar-refractivity contribution in [3.8, 4) is 5.75 Å². The molecule has 31 heavy (non-hydrogen) atoms. The van der Waals surface area contributed by atoms with Gasteiger partial charge in [-0.1, -0.05) is 42.5 Å². The third kappa shape index (κ3) is 4.92. The maximum Gasteiger partial charge on any atom is 0.337 e. The Kier molecular flexibility index (Phi) is 6.29. The van der Waals surface area contributed by atoms with Gasteiger partial charge < -0.3 is 19.1 Å². The summed E-state index contributed by atoms with van der Waals surface area (Å²) in [5.74, 6) is 1.07. The molecule has 0 aliphatic carbocycles. The first-order chi connectivity index (χ1) is 15.1. The number of ether oxygens (including phenoxy) is 2. The molecular weight excluding hydrogens is 392 g/mol. The molecule has 1 atom stereocenters. The first-order valence-electron chi connectivity index (χ1n) is 10.1. The molecule has 1 heterocycles. The second kappa shape index (κ2) is 9.45. The summed E-state index contributed by atoms with van der Waals surface area (Å²) in [6.45, 7) is 0.484. The number of hydrogen-bond donors (Lipinski definition) is 1. The summed E-state index contributed by atoms with van der Waals surface area (Å²) in [5.41, 5.74) is 3.50. The van der Waals surface area contributed by atoms with Crippen molar-refractivity contribution >= 4 is 17.0 Å². The molecule has 3 aromatic carbocycles. The van der Waals surface area contributed by atoms with Crippen molar-refractivity contribution in [2.75, 3.05) is 13.7 Å². The van der Waals surface area contributed by atoms with Gasteiger partial charge in [0.15, 0.2) is 0 Å². The van der Waals surface area contributed by atoms with E-state index >= 15 is 0 Å². The van der Waals surface area contributed by atoms with Crippen LogP contribution in [-0.2, 0) is 17.7 Å². The molecule has 1 N–H and O–H groups in total. The zero-order valence-electron chi connectivity index (χ0n) is 17.3. The zero-order valence-corrected chi connectivity index (χ0v) is 17.3. The van der Waals surface area contributed by atoms with Crippen LogP contribution in [0.4, 0.5) is 0 Å². The minimum Gasteiger partial charge on any atom is -0.491 e. The molecule has 0 unspecified atom stereocenters. The number of aromatic nitrogens is 2. The molecule has 4 rings (SSSR count). The lowest BCUT2D eigenvalue weighted by atomic mass is 10.1. The summed E-state index contributed by atoms with van der Waals surface area (Å²) in [5, 5.41) is 10.7. The molecule has 0 aliphatic rings. The van der Waals surface area contributed by atoms with Gasteiger partial charge in [0.25, 0.3) is 0 Å². The standard InChI is InChI=1S/C25H24N2O4/c1-30-25(29)19-11-13-21(14-12-19)31-17-20(28)16-27-23-10-6-5-9-22(23)26-24(27)15-18-7-3-2-4-8-18/h2-14,20,28H,15-17H2,1H3/t20-/m1/s1. The number of esters is 1. The Morgan fingerprint density at radius 2 is 1.71 bits per heavy atom. The van der Waals surface area contributed by atoms with Crippen molar-refractivity contribution in [2.45, 2.75) is 19.1 Å². The van der Waals surface area contributed by atoms with Crippen LogP contribution in [0.2, 0.25) is 0 Å². The van der Waals surface area contributed by atoms with Crippen molar-refractivity contribution in [1.82, 2.24) is 9.55 Å². The van der Waals surface area contributed by atoms with Crippen LogP contribution < -0.4 is 4.74 Å². The molecule has 0 radical (unpaired) electrons. The van der Waals surface area contributed by atoms with Crippen LogP contribution in [-0.4, -0.2) is 40.4 Å². The number of carbonyl (C=O) groups is 1. The van der Waals surface area contributed by atoms with Crippen LogP contribution in [0.5, 0.6) is 5.75 Å². The van der Waals surface area contributed by atoms with Crippen LogP contribution in [0.25, 0.3) is 11.0 Å². The molecule has 0 saturated carbocycles. The molecule has 0 spiro atoms. The van der Waals surface area contributed by atoms with E-state index in [0.717, 1.165) is 22.4 Å². The van der Waals surface area contributed by atoms with E-state index < -0.39 is 12.1 Å². The Morgan fingerprint density at radius 1 is 1.00 bits per heavy atom. The predicted molar refractivity (Wildman–Crippen MR) is 118 cm³/mol. The van der Waals surface area contributed by atoms with Gasteiger partial charge in [0, 0.05) is 6.42 Å². The van der Waals surface area contributed by atoms with Gasteiger partial charge in [-0.2, -0.15) is 0 Å². The first kappa shape index (κ1) is 20.6. The van der Waals surface area contributed by atoms with Crippen LogP contribution >= 0.6 is 0 Å². The molecule has 0 bridgehead atoms. The van der Waals surface area contributed by atoms with Gasteiger partial charge in [0.05, 0.1) is 30.3 Å². The lowest BCUT2D eigenvalue weighted by Crippen LogP contribution is -2.24. The van der Waals surface area contributed by atoms with Gasteiger partial charge >= 0.3 is 5.97 Å². The largest absolute Gasteiger partial charge is 0.491 e. The molecule has 158 valence electrons. The molecular formula is C25H24N2O4. The number of fused-ring (bicyclic) bond motifs is 1. The lowest BCUT2D eigenvalue weighted by Gasteiger charge is -2.16. The van der Waals surface area contributed by atoms with Gasteiger partial charge in [0.2, 0.25) is 0 Å². The number of benzene rings is 3. The number of hydrogen-bond acceptors (Lipinski definition) is 5. The molecule has 6 nitrogen and oxygen atoms in total. The Labute approximate surface area is 180 Å². The van der Waals surface area contributed by atoms with E-state index in [9.17, 15) is 9.90 Å². The van der Waals surface area contributed by atoms with Crippen LogP contribution in [0.1, 0.15) is 21.7 Å². The van der Waals surface area contributed by atoms with Gasteiger partial charge in [-0.15, -0.1) is 0 Å². The number of rotatable bonds is 8. The van der Waals surface area contributed by atoms with Gasteiger partial charge in [-0.25, -0.2) is 9.78 Å². The number of para-hydroxylation sites is 2. The Morgan fingerprint density at radius 3 is 2.45 bits per heavy atom. The number of aliphatic hydroxyl groups excluding tert-OH is 1. The highest BCUT2D eigenvalue weighted by Crippen LogP contribution is 2.20. The fourth-order valence-corrected chi connectivity index (χ4v) is 3.50. The smallest absolute Gasteiger partial charge is 0.337 e. The van der Waals surface area contributed by atoms with E-state index in [1.807, 2.05) is 42.5 Å². The highest BCUT2D eigenvalue weighted by atomic mass is 16.5. The first-order valence-corrected chi connectivity index (χ1v) is 10.1. The Bertz CT molecular complexity index is 1150. The van der Waals surface area contributed by atoms with Gasteiger partial charge in [-0.05, 0) is 42.0 Å².